The van der Waals surface area contributed by atoms with Crippen LogP contribution in [0, 0.1) is 0 Å². The van der Waals surface area contributed by atoms with Crippen molar-refractivity contribution in [2.75, 3.05) is 34.4 Å². The first kappa shape index (κ1) is 18.1. The van der Waals surface area contributed by atoms with Crippen LogP contribution < -0.4 is 14.8 Å². The average Bonchev–Trinajstić information content (AvgIpc) is 3.19. The lowest BCUT2D eigenvalue weighted by molar-refractivity contribution is 0.414. The minimum atomic E-state index is 0.528. The van der Waals surface area contributed by atoms with Crippen LogP contribution in [0.3, 0.4) is 0 Å². The summed E-state index contributed by atoms with van der Waals surface area (Å²) in [5, 5.41) is 3.47. The highest BCUT2D eigenvalue weighted by atomic mass is 16.5. The zero-order valence-electron chi connectivity index (χ0n) is 15.7. The Hall–Kier alpha value is -2.69. The lowest BCUT2D eigenvalue weighted by Gasteiger charge is -2.22. The summed E-state index contributed by atoms with van der Waals surface area (Å²) in [6, 6.07) is 16.5. The van der Waals surface area contributed by atoms with Crippen molar-refractivity contribution < 1.29 is 9.47 Å². The Kier molecular flexibility index (Phi) is 6.00. The first-order valence-corrected chi connectivity index (χ1v) is 8.96. The summed E-state index contributed by atoms with van der Waals surface area (Å²) < 4.78 is 10.5. The lowest BCUT2D eigenvalue weighted by atomic mass is 9.98. The van der Waals surface area contributed by atoms with Crippen LogP contribution in [0.1, 0.15) is 23.5 Å². The molecule has 1 unspecified atom stereocenters. The molecule has 0 radical (unpaired) electrons. The molecule has 1 atom stereocenters. The standard InChI is InChI=1S/C21H27N3O2/c1-22-21(23-14-16-4-8-19(25-2)9-5-16)24-13-12-18(15-24)17-6-10-20(26-3)11-7-17/h4-11,18H,12-15H2,1-3H3,(H,22,23). The lowest BCUT2D eigenvalue weighted by Crippen LogP contribution is -2.39. The molecule has 2 aromatic rings. The fraction of sp³-hybridized carbons (Fsp3) is 0.381. The van der Waals surface area contributed by atoms with Crippen molar-refractivity contribution >= 4 is 5.96 Å². The van der Waals surface area contributed by atoms with E-state index in [9.17, 15) is 0 Å². The molecule has 0 amide bonds. The molecule has 0 aromatic heterocycles. The zero-order valence-corrected chi connectivity index (χ0v) is 15.7. The van der Waals surface area contributed by atoms with Crippen LogP contribution in [0.15, 0.2) is 53.5 Å². The SMILES string of the molecule is CN=C(NCc1ccc(OC)cc1)N1CCC(c2ccc(OC)cc2)C1. The first-order valence-electron chi connectivity index (χ1n) is 8.96. The number of ether oxygens (including phenoxy) is 2. The second kappa shape index (κ2) is 8.61. The Balaban J connectivity index is 1.56. The molecule has 1 fully saturated rings. The molecule has 1 heterocycles. The molecule has 0 aliphatic carbocycles. The van der Waals surface area contributed by atoms with Gasteiger partial charge in [-0.1, -0.05) is 24.3 Å². The van der Waals surface area contributed by atoms with Crippen molar-refractivity contribution in [3.63, 3.8) is 0 Å². The minimum Gasteiger partial charge on any atom is -0.497 e. The number of methoxy groups -OCH3 is 2. The van der Waals surface area contributed by atoms with Gasteiger partial charge in [-0.25, -0.2) is 0 Å². The third-order valence-electron chi connectivity index (χ3n) is 4.90. The molecule has 1 aliphatic heterocycles. The highest BCUT2D eigenvalue weighted by Crippen LogP contribution is 2.28. The monoisotopic (exact) mass is 353 g/mol. The molecule has 2 aromatic carbocycles. The fourth-order valence-electron chi connectivity index (χ4n) is 3.36. The molecule has 3 rings (SSSR count). The molecular weight excluding hydrogens is 326 g/mol. The van der Waals surface area contributed by atoms with Gasteiger partial charge in [-0.3, -0.25) is 4.99 Å². The molecule has 1 saturated heterocycles. The second-order valence-corrected chi connectivity index (χ2v) is 6.45. The summed E-state index contributed by atoms with van der Waals surface area (Å²) in [4.78, 5) is 6.79. The van der Waals surface area contributed by atoms with Crippen LogP contribution in [0.25, 0.3) is 0 Å². The van der Waals surface area contributed by atoms with Gasteiger partial charge in [-0.2, -0.15) is 0 Å². The van der Waals surface area contributed by atoms with E-state index in [0.717, 1.165) is 43.5 Å². The molecule has 0 saturated carbocycles. The third kappa shape index (κ3) is 4.28. The average molecular weight is 353 g/mol. The number of aliphatic imine (C=N–C) groups is 1. The van der Waals surface area contributed by atoms with Crippen molar-refractivity contribution in [2.24, 2.45) is 4.99 Å². The van der Waals surface area contributed by atoms with Crippen molar-refractivity contribution in [3.8, 4) is 11.5 Å². The van der Waals surface area contributed by atoms with Crippen LogP contribution in [0.4, 0.5) is 0 Å². The molecule has 0 spiro atoms. The van der Waals surface area contributed by atoms with Gasteiger partial charge in [0.15, 0.2) is 5.96 Å². The maximum atomic E-state index is 5.25. The van der Waals surface area contributed by atoms with Crippen molar-refractivity contribution in [1.82, 2.24) is 10.2 Å². The highest BCUT2D eigenvalue weighted by molar-refractivity contribution is 5.80. The van der Waals surface area contributed by atoms with E-state index in [1.807, 2.05) is 31.3 Å². The molecule has 5 nitrogen and oxygen atoms in total. The Morgan fingerprint density at radius 1 is 1.04 bits per heavy atom. The van der Waals surface area contributed by atoms with Crippen LogP contribution in [-0.2, 0) is 6.54 Å². The van der Waals surface area contributed by atoms with Crippen molar-refractivity contribution in [3.05, 3.63) is 59.7 Å². The Morgan fingerprint density at radius 2 is 1.65 bits per heavy atom. The van der Waals surface area contributed by atoms with Gasteiger partial charge in [-0.15, -0.1) is 0 Å². The first-order chi connectivity index (χ1) is 12.7. The molecule has 26 heavy (non-hydrogen) atoms. The molecular formula is C21H27N3O2. The maximum Gasteiger partial charge on any atom is 0.193 e. The number of hydrogen-bond donors (Lipinski definition) is 1. The van der Waals surface area contributed by atoms with E-state index in [1.165, 1.54) is 11.1 Å². The van der Waals surface area contributed by atoms with Gasteiger partial charge in [0.1, 0.15) is 11.5 Å². The minimum absolute atomic E-state index is 0.528. The fourth-order valence-corrected chi connectivity index (χ4v) is 3.36. The number of nitrogens with one attached hydrogen (secondary N) is 1. The number of benzene rings is 2. The Morgan fingerprint density at radius 3 is 2.23 bits per heavy atom. The van der Waals surface area contributed by atoms with E-state index < -0.39 is 0 Å². The normalized spacial score (nSPS) is 17.3. The molecule has 1 aliphatic rings. The highest BCUT2D eigenvalue weighted by Gasteiger charge is 2.26. The van der Waals surface area contributed by atoms with E-state index in [-0.39, 0.29) is 0 Å². The number of hydrogen-bond acceptors (Lipinski definition) is 3. The van der Waals surface area contributed by atoms with E-state index in [2.05, 4.69) is 39.5 Å². The maximum absolute atomic E-state index is 5.25. The van der Waals surface area contributed by atoms with Gasteiger partial charge in [0.2, 0.25) is 0 Å². The Labute approximate surface area is 155 Å². The molecule has 1 N–H and O–H groups in total. The molecule has 0 bridgehead atoms. The third-order valence-corrected chi connectivity index (χ3v) is 4.90. The van der Waals surface area contributed by atoms with Gasteiger partial charge >= 0.3 is 0 Å². The topological polar surface area (TPSA) is 46.1 Å². The molecule has 5 heteroatoms. The van der Waals surface area contributed by atoms with Gasteiger partial charge < -0.3 is 19.7 Å². The second-order valence-electron chi connectivity index (χ2n) is 6.45. The Bertz CT molecular complexity index is 726. The van der Waals surface area contributed by atoms with Crippen LogP contribution in [0.2, 0.25) is 0 Å². The predicted molar refractivity (Wildman–Crippen MR) is 105 cm³/mol. The largest absolute Gasteiger partial charge is 0.497 e. The molecule has 138 valence electrons. The van der Waals surface area contributed by atoms with E-state index in [4.69, 9.17) is 9.47 Å². The summed E-state index contributed by atoms with van der Waals surface area (Å²) in [5.74, 6) is 3.26. The summed E-state index contributed by atoms with van der Waals surface area (Å²) in [5.41, 5.74) is 2.57. The van der Waals surface area contributed by atoms with Crippen LogP contribution >= 0.6 is 0 Å². The van der Waals surface area contributed by atoms with E-state index >= 15 is 0 Å². The van der Waals surface area contributed by atoms with Crippen molar-refractivity contribution in [1.29, 1.82) is 0 Å². The van der Waals surface area contributed by atoms with Gasteiger partial charge in [0.05, 0.1) is 14.2 Å². The quantitative estimate of drug-likeness (QED) is 0.662. The number of likely N-dealkylation sites (tertiary alicyclic amines) is 1. The van der Waals surface area contributed by atoms with Crippen LogP contribution in [0.5, 0.6) is 11.5 Å². The summed E-state index contributed by atoms with van der Waals surface area (Å²) in [6.45, 7) is 2.74. The van der Waals surface area contributed by atoms with Crippen molar-refractivity contribution in [2.45, 2.75) is 18.9 Å². The van der Waals surface area contributed by atoms with Crippen LogP contribution in [-0.4, -0.2) is 45.2 Å². The summed E-state index contributed by atoms with van der Waals surface area (Å²) >= 11 is 0. The van der Waals surface area contributed by atoms with E-state index in [0.29, 0.717) is 5.92 Å². The smallest absolute Gasteiger partial charge is 0.193 e. The van der Waals surface area contributed by atoms with Gasteiger partial charge in [0, 0.05) is 32.6 Å². The number of guanidine groups is 1. The predicted octanol–water partition coefficient (Wildman–Crippen LogP) is 3.27. The zero-order chi connectivity index (χ0) is 18.4. The van der Waals surface area contributed by atoms with E-state index in [1.54, 1.807) is 14.2 Å². The summed E-state index contributed by atoms with van der Waals surface area (Å²) in [6.07, 6.45) is 1.13. The van der Waals surface area contributed by atoms with Gasteiger partial charge in [-0.05, 0) is 41.8 Å². The number of nitrogens with zero attached hydrogens (tertiary/aromatic N) is 2. The summed E-state index contributed by atoms with van der Waals surface area (Å²) in [7, 11) is 5.23. The number of rotatable bonds is 5. The van der Waals surface area contributed by atoms with Gasteiger partial charge in [0.25, 0.3) is 0 Å².